The smallest absolute Gasteiger partial charge is 0.306 e. The predicted octanol–water partition coefficient (Wildman–Crippen LogP) is 17.0. The maximum Gasteiger partial charge on any atom is 0.306 e. The largest absolute Gasteiger partial charge is 0.462 e. The fourth-order valence-electron chi connectivity index (χ4n) is 8.56. The highest BCUT2D eigenvalue weighted by Gasteiger charge is 2.24. The highest BCUT2D eigenvalue weighted by molar-refractivity contribution is 5.77. The summed E-state index contributed by atoms with van der Waals surface area (Å²) in [5.74, 6) is -0.489. The molecule has 6 heteroatoms. The van der Waals surface area contributed by atoms with E-state index in [0.29, 0.717) is 19.3 Å². The molecule has 0 aliphatic heterocycles. The van der Waals surface area contributed by atoms with Gasteiger partial charge in [-0.1, -0.05) is 275 Å². The van der Waals surface area contributed by atoms with Crippen LogP contribution in [0.4, 0.5) is 0 Å². The average Bonchev–Trinajstić information content (AvgIpc) is 3.29. The van der Waals surface area contributed by atoms with Crippen molar-refractivity contribution >= 4 is 11.9 Å². The van der Waals surface area contributed by atoms with E-state index in [0.717, 1.165) is 70.6 Å². The summed E-state index contributed by atoms with van der Waals surface area (Å²) in [6.45, 7) is 6.37. The molecule has 3 atom stereocenters. The number of nitrogens with one attached hydrogen (secondary N) is 1. The first-order chi connectivity index (χ1) is 31.5. The van der Waals surface area contributed by atoms with Crippen molar-refractivity contribution in [3.05, 3.63) is 48.6 Å². The monoisotopic (exact) mass is 898 g/mol. The van der Waals surface area contributed by atoms with Crippen molar-refractivity contribution in [2.24, 2.45) is 0 Å². The minimum absolute atomic E-state index is 0.0707. The number of carbonyl (C=O) groups is 2. The molecule has 1 amide bonds. The van der Waals surface area contributed by atoms with Gasteiger partial charge in [0.05, 0.1) is 25.2 Å². The van der Waals surface area contributed by atoms with E-state index in [4.69, 9.17) is 4.74 Å². The second kappa shape index (κ2) is 51.8. The normalized spacial score (nSPS) is 13.5. The van der Waals surface area contributed by atoms with Crippen molar-refractivity contribution in [3.63, 3.8) is 0 Å². The van der Waals surface area contributed by atoms with Crippen LogP contribution in [0.3, 0.4) is 0 Å². The molecule has 374 valence electrons. The van der Waals surface area contributed by atoms with Gasteiger partial charge in [-0.3, -0.25) is 9.59 Å². The molecular weight excluding hydrogens is 791 g/mol. The summed E-state index contributed by atoms with van der Waals surface area (Å²) in [5.41, 5.74) is 0. The number of carbonyl (C=O) groups excluding carboxylic acids is 2. The standard InChI is InChI=1S/C58H107NO5/c1-4-7-10-13-16-19-22-25-27-28-30-32-35-38-41-44-47-50-56(61)55(53-60)59-57(62)52-54(49-46-43-40-37-34-31-24-21-18-15-12-9-6-3)64-58(63)51-48-45-42-39-36-33-29-26-23-20-17-14-11-8-5-2/h8,11,14,17,20,23,26,29,54-56,60-61H,4-7,9-10,12-13,15-16,18-19,21-22,24-25,27-28,30-53H2,1-3H3,(H,59,62)/b11-8+,17-14+,23-20+,29-26-. The topological polar surface area (TPSA) is 95.9 Å². The Morgan fingerprint density at radius 1 is 0.469 bits per heavy atom. The molecule has 0 aromatic carbocycles. The van der Waals surface area contributed by atoms with Crippen LogP contribution in [-0.2, 0) is 14.3 Å². The van der Waals surface area contributed by atoms with Crippen LogP contribution in [0.5, 0.6) is 0 Å². The van der Waals surface area contributed by atoms with E-state index in [-0.39, 0.29) is 24.9 Å². The summed E-state index contributed by atoms with van der Waals surface area (Å²) in [7, 11) is 0. The molecule has 6 nitrogen and oxygen atoms in total. The van der Waals surface area contributed by atoms with Crippen molar-refractivity contribution < 1.29 is 24.5 Å². The van der Waals surface area contributed by atoms with Gasteiger partial charge in [0.1, 0.15) is 6.10 Å². The Hall–Kier alpha value is -2.18. The molecule has 3 N–H and O–H groups in total. The van der Waals surface area contributed by atoms with Crippen molar-refractivity contribution in [1.82, 2.24) is 5.32 Å². The maximum absolute atomic E-state index is 13.2. The lowest BCUT2D eigenvalue weighted by molar-refractivity contribution is -0.151. The number of unbranched alkanes of at least 4 members (excludes halogenated alkanes) is 33. The van der Waals surface area contributed by atoms with Crippen LogP contribution < -0.4 is 5.32 Å². The van der Waals surface area contributed by atoms with E-state index < -0.39 is 18.2 Å². The first kappa shape index (κ1) is 61.8. The van der Waals surface area contributed by atoms with E-state index >= 15 is 0 Å². The second-order valence-corrected chi connectivity index (χ2v) is 19.1. The third-order valence-electron chi connectivity index (χ3n) is 12.8. The number of ether oxygens (including phenoxy) is 1. The van der Waals surface area contributed by atoms with Gasteiger partial charge in [0.2, 0.25) is 5.91 Å². The highest BCUT2D eigenvalue weighted by Crippen LogP contribution is 2.19. The number of hydrogen-bond acceptors (Lipinski definition) is 5. The van der Waals surface area contributed by atoms with E-state index in [1.165, 1.54) is 167 Å². The molecule has 0 fully saturated rings. The van der Waals surface area contributed by atoms with Crippen LogP contribution in [0.25, 0.3) is 0 Å². The molecule has 0 spiro atoms. The Morgan fingerprint density at radius 3 is 1.28 bits per heavy atom. The van der Waals surface area contributed by atoms with E-state index in [9.17, 15) is 19.8 Å². The Kier molecular flexibility index (Phi) is 50.0. The molecule has 0 heterocycles. The molecular formula is C58H107NO5. The lowest BCUT2D eigenvalue weighted by Crippen LogP contribution is -2.46. The van der Waals surface area contributed by atoms with Gasteiger partial charge in [-0.05, 0) is 44.9 Å². The summed E-state index contributed by atoms with van der Waals surface area (Å²) in [6.07, 6.45) is 63.1. The van der Waals surface area contributed by atoms with Gasteiger partial charge in [-0.2, -0.15) is 0 Å². The van der Waals surface area contributed by atoms with Crippen molar-refractivity contribution in [1.29, 1.82) is 0 Å². The van der Waals surface area contributed by atoms with E-state index in [2.05, 4.69) is 56.5 Å². The van der Waals surface area contributed by atoms with Crippen LogP contribution in [0.15, 0.2) is 48.6 Å². The second-order valence-electron chi connectivity index (χ2n) is 19.1. The summed E-state index contributed by atoms with van der Waals surface area (Å²) in [4.78, 5) is 26.2. The van der Waals surface area contributed by atoms with Crippen LogP contribution >= 0.6 is 0 Å². The van der Waals surface area contributed by atoms with Crippen LogP contribution in [0.1, 0.15) is 284 Å². The molecule has 0 saturated heterocycles. The van der Waals surface area contributed by atoms with Crippen LogP contribution in [0, 0.1) is 0 Å². The molecule has 0 aromatic rings. The van der Waals surface area contributed by atoms with Gasteiger partial charge in [0, 0.05) is 6.42 Å². The number of amides is 1. The average molecular weight is 898 g/mol. The number of allylic oxidation sites excluding steroid dienone is 8. The summed E-state index contributed by atoms with van der Waals surface area (Å²) in [5, 5.41) is 23.9. The Balaban J connectivity index is 4.53. The van der Waals surface area contributed by atoms with E-state index in [1.54, 1.807) is 0 Å². The third kappa shape index (κ3) is 46.4. The number of rotatable bonds is 50. The predicted molar refractivity (Wildman–Crippen MR) is 278 cm³/mol. The molecule has 0 bridgehead atoms. The van der Waals surface area contributed by atoms with Gasteiger partial charge >= 0.3 is 5.97 Å². The number of hydrogen-bond donors (Lipinski definition) is 3. The number of aliphatic hydroxyl groups excluding tert-OH is 2. The summed E-state index contributed by atoms with van der Waals surface area (Å²) >= 11 is 0. The highest BCUT2D eigenvalue weighted by atomic mass is 16.5. The first-order valence-electron chi connectivity index (χ1n) is 27.9. The molecule has 3 unspecified atom stereocenters. The van der Waals surface area contributed by atoms with Gasteiger partial charge in [-0.15, -0.1) is 0 Å². The zero-order valence-electron chi connectivity index (χ0n) is 42.7. The first-order valence-corrected chi connectivity index (χ1v) is 27.9. The molecule has 0 saturated carbocycles. The zero-order chi connectivity index (χ0) is 46.7. The Morgan fingerprint density at radius 2 is 0.844 bits per heavy atom. The Bertz CT molecular complexity index is 1100. The minimum atomic E-state index is -0.791. The van der Waals surface area contributed by atoms with Crippen LogP contribution in [-0.4, -0.2) is 46.9 Å². The SMILES string of the molecule is CC/C=C/C=C/C=C/C=C\CCCCCCCC(=O)OC(CCCCCCCCCCCCCCC)CC(=O)NC(CO)C(O)CCCCCCCCCCCCCCCCCCC. The van der Waals surface area contributed by atoms with Gasteiger partial charge in [0.25, 0.3) is 0 Å². The molecule has 0 aliphatic carbocycles. The zero-order valence-corrected chi connectivity index (χ0v) is 42.7. The molecule has 0 aromatic heterocycles. The fraction of sp³-hybridized carbons (Fsp3) is 0.828. The summed E-state index contributed by atoms with van der Waals surface area (Å²) < 4.78 is 5.94. The molecule has 0 rings (SSSR count). The van der Waals surface area contributed by atoms with Crippen molar-refractivity contribution in [2.45, 2.75) is 302 Å². The minimum Gasteiger partial charge on any atom is -0.462 e. The summed E-state index contributed by atoms with van der Waals surface area (Å²) in [6, 6.07) is -0.705. The Labute approximate surface area is 397 Å². The molecule has 0 radical (unpaired) electrons. The maximum atomic E-state index is 13.2. The molecule has 64 heavy (non-hydrogen) atoms. The van der Waals surface area contributed by atoms with Gasteiger partial charge < -0.3 is 20.3 Å². The lowest BCUT2D eigenvalue weighted by Gasteiger charge is -2.24. The van der Waals surface area contributed by atoms with Crippen molar-refractivity contribution in [3.8, 4) is 0 Å². The lowest BCUT2D eigenvalue weighted by atomic mass is 10.0. The fourth-order valence-corrected chi connectivity index (χ4v) is 8.56. The van der Waals surface area contributed by atoms with Crippen LogP contribution in [0.2, 0.25) is 0 Å². The van der Waals surface area contributed by atoms with Gasteiger partial charge in [0.15, 0.2) is 0 Å². The quantitative estimate of drug-likeness (QED) is 0.0321. The molecule has 0 aliphatic rings. The van der Waals surface area contributed by atoms with Gasteiger partial charge in [-0.25, -0.2) is 0 Å². The number of esters is 1. The van der Waals surface area contributed by atoms with E-state index in [1.807, 2.05) is 18.2 Å². The third-order valence-corrected chi connectivity index (χ3v) is 12.8. The van der Waals surface area contributed by atoms with Crippen molar-refractivity contribution in [2.75, 3.05) is 6.61 Å². The number of aliphatic hydroxyl groups is 2.